The Morgan fingerprint density at radius 1 is 1.50 bits per heavy atom. The lowest BCUT2D eigenvalue weighted by atomic mass is 10.1. The maximum absolute atomic E-state index is 8.64. The van der Waals surface area contributed by atoms with Gasteiger partial charge in [-0.3, -0.25) is 4.90 Å². The molecule has 0 saturated carbocycles. The van der Waals surface area contributed by atoms with Crippen LogP contribution in [0.15, 0.2) is 0 Å². The van der Waals surface area contributed by atoms with E-state index in [1.165, 1.54) is 19.4 Å². The molecule has 10 heavy (non-hydrogen) atoms. The minimum absolute atomic E-state index is 0.338. The van der Waals surface area contributed by atoms with Crippen LogP contribution in [0.1, 0.15) is 19.3 Å². The molecule has 2 heteroatoms. The van der Waals surface area contributed by atoms with Crippen LogP contribution in [-0.2, 0) is 0 Å². The summed E-state index contributed by atoms with van der Waals surface area (Å²) in [4.78, 5) is 2.47. The lowest BCUT2D eigenvalue weighted by Crippen LogP contribution is -2.22. The van der Waals surface area contributed by atoms with Gasteiger partial charge in [0.25, 0.3) is 0 Å². The normalized spacial score (nSPS) is 39.5. The van der Waals surface area contributed by atoms with Crippen LogP contribution in [0.5, 0.6) is 0 Å². The summed E-state index contributed by atoms with van der Waals surface area (Å²) in [6, 6.07) is 3.12. The van der Waals surface area contributed by atoms with Gasteiger partial charge in [-0.2, -0.15) is 5.26 Å². The standard InChI is InChI=1S/C8H12N2/c9-5-7-4-8-2-1-3-10(8)6-7/h7-8H,1-4,6H2/t7?,8-/m1/s1. The fraction of sp³-hybridized carbons (Fsp3) is 0.875. The molecule has 0 N–H and O–H groups in total. The van der Waals surface area contributed by atoms with Crippen molar-refractivity contribution in [2.75, 3.05) is 13.1 Å². The van der Waals surface area contributed by atoms with Gasteiger partial charge in [-0.15, -0.1) is 0 Å². The second kappa shape index (κ2) is 2.25. The molecule has 0 amide bonds. The number of nitrogens with zero attached hydrogens (tertiary/aromatic N) is 2. The molecule has 0 aliphatic carbocycles. The minimum atomic E-state index is 0.338. The van der Waals surface area contributed by atoms with E-state index < -0.39 is 0 Å². The molecule has 0 spiro atoms. The maximum atomic E-state index is 8.64. The molecule has 2 aliphatic rings. The number of rotatable bonds is 0. The van der Waals surface area contributed by atoms with Crippen molar-refractivity contribution in [3.05, 3.63) is 0 Å². The van der Waals surface area contributed by atoms with Crippen molar-refractivity contribution in [2.24, 2.45) is 5.92 Å². The Morgan fingerprint density at radius 2 is 2.40 bits per heavy atom. The Hall–Kier alpha value is -0.550. The van der Waals surface area contributed by atoms with E-state index in [1.807, 2.05) is 0 Å². The molecule has 0 aromatic heterocycles. The number of hydrogen-bond donors (Lipinski definition) is 0. The highest BCUT2D eigenvalue weighted by Gasteiger charge is 2.34. The molecule has 54 valence electrons. The quantitative estimate of drug-likeness (QED) is 0.496. The fourth-order valence-corrected chi connectivity index (χ4v) is 2.18. The molecule has 0 bridgehead atoms. The van der Waals surface area contributed by atoms with E-state index in [1.54, 1.807) is 0 Å². The van der Waals surface area contributed by atoms with Gasteiger partial charge < -0.3 is 0 Å². The third-order valence-electron chi connectivity index (χ3n) is 2.69. The van der Waals surface area contributed by atoms with Crippen LogP contribution in [-0.4, -0.2) is 24.0 Å². The van der Waals surface area contributed by atoms with Crippen molar-refractivity contribution in [2.45, 2.75) is 25.3 Å². The lowest BCUT2D eigenvalue weighted by Gasteiger charge is -2.11. The molecule has 2 saturated heterocycles. The molecular weight excluding hydrogens is 124 g/mol. The highest BCUT2D eigenvalue weighted by Crippen LogP contribution is 2.30. The molecule has 2 atom stereocenters. The van der Waals surface area contributed by atoms with Gasteiger partial charge in [0.05, 0.1) is 12.0 Å². The van der Waals surface area contributed by atoms with Gasteiger partial charge in [0.2, 0.25) is 0 Å². The molecule has 2 heterocycles. The van der Waals surface area contributed by atoms with Crippen LogP contribution < -0.4 is 0 Å². The highest BCUT2D eigenvalue weighted by molar-refractivity contribution is 4.98. The molecule has 0 aromatic rings. The number of hydrogen-bond acceptors (Lipinski definition) is 2. The van der Waals surface area contributed by atoms with E-state index in [4.69, 9.17) is 5.26 Å². The monoisotopic (exact) mass is 136 g/mol. The molecule has 1 unspecified atom stereocenters. The minimum Gasteiger partial charge on any atom is -0.299 e. The van der Waals surface area contributed by atoms with Crippen molar-refractivity contribution >= 4 is 0 Å². The molecule has 2 aliphatic heterocycles. The lowest BCUT2D eigenvalue weighted by molar-refractivity contribution is 0.322. The summed E-state index contributed by atoms with van der Waals surface area (Å²) in [5.41, 5.74) is 0. The SMILES string of the molecule is N#CC1C[C@H]2CCCN2C1. The van der Waals surface area contributed by atoms with Crippen LogP contribution in [0.3, 0.4) is 0 Å². The van der Waals surface area contributed by atoms with E-state index in [2.05, 4.69) is 11.0 Å². The van der Waals surface area contributed by atoms with Crippen LogP contribution in [0, 0.1) is 17.2 Å². The zero-order chi connectivity index (χ0) is 6.97. The number of nitriles is 1. The first-order valence-electron chi connectivity index (χ1n) is 4.04. The predicted octanol–water partition coefficient (Wildman–Crippen LogP) is 0.994. The summed E-state index contributed by atoms with van der Waals surface area (Å²) in [6.07, 6.45) is 3.82. The molecule has 2 fully saturated rings. The van der Waals surface area contributed by atoms with Gasteiger partial charge in [-0.25, -0.2) is 0 Å². The fourth-order valence-electron chi connectivity index (χ4n) is 2.18. The zero-order valence-corrected chi connectivity index (χ0v) is 6.08. The van der Waals surface area contributed by atoms with Gasteiger partial charge in [0.15, 0.2) is 0 Å². The average Bonchev–Trinajstić information content (AvgIpc) is 2.42. The second-order valence-corrected chi connectivity index (χ2v) is 3.35. The van der Waals surface area contributed by atoms with Gasteiger partial charge >= 0.3 is 0 Å². The maximum Gasteiger partial charge on any atom is 0.0669 e. The van der Waals surface area contributed by atoms with Gasteiger partial charge in [0, 0.05) is 12.6 Å². The zero-order valence-electron chi connectivity index (χ0n) is 6.08. The van der Waals surface area contributed by atoms with Crippen molar-refractivity contribution in [1.29, 1.82) is 5.26 Å². The Bertz CT molecular complexity index is 159. The van der Waals surface area contributed by atoms with Crippen molar-refractivity contribution in [1.82, 2.24) is 4.90 Å². The first-order valence-corrected chi connectivity index (χ1v) is 4.04. The van der Waals surface area contributed by atoms with Gasteiger partial charge in [-0.05, 0) is 25.8 Å². The largest absolute Gasteiger partial charge is 0.299 e. The summed E-state index contributed by atoms with van der Waals surface area (Å²) < 4.78 is 0. The van der Waals surface area contributed by atoms with E-state index in [0.29, 0.717) is 5.92 Å². The number of fused-ring (bicyclic) bond motifs is 1. The van der Waals surface area contributed by atoms with Crippen LogP contribution in [0.4, 0.5) is 0 Å². The smallest absolute Gasteiger partial charge is 0.0669 e. The molecule has 2 rings (SSSR count). The van der Waals surface area contributed by atoms with Crippen LogP contribution in [0.2, 0.25) is 0 Å². The summed E-state index contributed by atoms with van der Waals surface area (Å²) in [7, 11) is 0. The Labute approximate surface area is 61.4 Å². The predicted molar refractivity (Wildman–Crippen MR) is 38.3 cm³/mol. The molecular formula is C8H12N2. The van der Waals surface area contributed by atoms with E-state index >= 15 is 0 Å². The third kappa shape index (κ3) is 0.819. The van der Waals surface area contributed by atoms with E-state index in [0.717, 1.165) is 19.0 Å². The molecule has 0 aromatic carbocycles. The summed E-state index contributed by atoms with van der Waals surface area (Å²) >= 11 is 0. The van der Waals surface area contributed by atoms with Gasteiger partial charge in [-0.1, -0.05) is 0 Å². The average molecular weight is 136 g/mol. The highest BCUT2D eigenvalue weighted by atomic mass is 15.2. The Morgan fingerprint density at radius 3 is 3.10 bits per heavy atom. The molecule has 2 nitrogen and oxygen atoms in total. The third-order valence-corrected chi connectivity index (χ3v) is 2.69. The summed E-state index contributed by atoms with van der Waals surface area (Å²) in [5.74, 6) is 0.338. The Balaban J connectivity index is 2.01. The first-order chi connectivity index (χ1) is 4.90. The van der Waals surface area contributed by atoms with Crippen molar-refractivity contribution in [3.63, 3.8) is 0 Å². The first kappa shape index (κ1) is 6.18. The van der Waals surface area contributed by atoms with Crippen molar-refractivity contribution in [3.8, 4) is 6.07 Å². The second-order valence-electron chi connectivity index (χ2n) is 3.35. The van der Waals surface area contributed by atoms with Crippen molar-refractivity contribution < 1.29 is 0 Å². The Kier molecular flexibility index (Phi) is 1.39. The van der Waals surface area contributed by atoms with E-state index in [9.17, 15) is 0 Å². The summed E-state index contributed by atoms with van der Waals surface area (Å²) in [5, 5.41) is 8.64. The van der Waals surface area contributed by atoms with E-state index in [-0.39, 0.29) is 0 Å². The van der Waals surface area contributed by atoms with Crippen LogP contribution >= 0.6 is 0 Å². The summed E-state index contributed by atoms with van der Waals surface area (Å²) in [6.45, 7) is 2.28. The topological polar surface area (TPSA) is 27.0 Å². The van der Waals surface area contributed by atoms with Gasteiger partial charge in [0.1, 0.15) is 0 Å². The van der Waals surface area contributed by atoms with Crippen LogP contribution in [0.25, 0.3) is 0 Å². The molecule has 0 radical (unpaired) electrons.